The molecule has 0 aliphatic rings. The van der Waals surface area contributed by atoms with Crippen LogP contribution in [0.2, 0.25) is 10.0 Å². The third-order valence-electron chi connectivity index (χ3n) is 4.22. The Hall–Kier alpha value is -2.96. The molecular weight excluding hydrogens is 415 g/mol. The van der Waals surface area contributed by atoms with E-state index in [0.29, 0.717) is 44.5 Å². The smallest absolute Gasteiger partial charge is 0.293 e. The lowest BCUT2D eigenvalue weighted by molar-refractivity contribution is 0.269. The topological polar surface area (TPSA) is 70.5 Å². The highest BCUT2D eigenvalue weighted by Gasteiger charge is 2.18. The van der Waals surface area contributed by atoms with Crippen LogP contribution in [0.25, 0.3) is 23.0 Å². The van der Waals surface area contributed by atoms with Crippen molar-refractivity contribution in [1.82, 2.24) is 10.1 Å². The van der Waals surface area contributed by atoms with E-state index in [1.807, 2.05) is 19.1 Å². The maximum absolute atomic E-state index is 6.19. The number of halogens is 2. The molecule has 0 unspecified atom stereocenters. The SMILES string of the molecule is COc1ccc(Cl)cc1-c1noc(-c2ccc(COc3c(C)cccc3Cl)o2)n1. The molecule has 4 rings (SSSR count). The largest absolute Gasteiger partial charge is 0.496 e. The molecule has 0 spiro atoms. The lowest BCUT2D eigenvalue weighted by Gasteiger charge is -2.09. The second-order valence-corrected chi connectivity index (χ2v) is 7.05. The number of methoxy groups -OCH3 is 1. The highest BCUT2D eigenvalue weighted by molar-refractivity contribution is 6.32. The number of benzene rings is 2. The lowest BCUT2D eigenvalue weighted by atomic mass is 10.2. The van der Waals surface area contributed by atoms with Gasteiger partial charge in [-0.3, -0.25) is 0 Å². The molecule has 0 fully saturated rings. The minimum absolute atomic E-state index is 0.216. The summed E-state index contributed by atoms with van der Waals surface area (Å²) in [5, 5.41) is 5.10. The van der Waals surface area contributed by atoms with Crippen LogP contribution in [0.4, 0.5) is 0 Å². The molecule has 0 saturated carbocycles. The molecule has 0 N–H and O–H groups in total. The quantitative estimate of drug-likeness (QED) is 0.362. The Morgan fingerprint density at radius 3 is 2.72 bits per heavy atom. The van der Waals surface area contributed by atoms with Crippen LogP contribution < -0.4 is 9.47 Å². The maximum atomic E-state index is 6.19. The van der Waals surface area contributed by atoms with E-state index in [4.69, 9.17) is 41.6 Å². The fraction of sp³-hybridized carbons (Fsp3) is 0.143. The molecule has 0 radical (unpaired) electrons. The van der Waals surface area contributed by atoms with Crippen molar-refractivity contribution < 1.29 is 18.4 Å². The summed E-state index contributed by atoms with van der Waals surface area (Å²) >= 11 is 12.3. The summed E-state index contributed by atoms with van der Waals surface area (Å²) in [6.45, 7) is 2.15. The summed E-state index contributed by atoms with van der Waals surface area (Å²) in [6, 6.07) is 14.3. The molecule has 0 aliphatic heterocycles. The predicted molar refractivity (Wildman–Crippen MR) is 110 cm³/mol. The van der Waals surface area contributed by atoms with E-state index in [2.05, 4.69) is 10.1 Å². The van der Waals surface area contributed by atoms with Gasteiger partial charge < -0.3 is 18.4 Å². The first kappa shape index (κ1) is 19.4. The van der Waals surface area contributed by atoms with E-state index in [0.717, 1.165) is 5.56 Å². The van der Waals surface area contributed by atoms with Gasteiger partial charge in [-0.1, -0.05) is 40.5 Å². The molecule has 0 aliphatic carbocycles. The zero-order valence-electron chi connectivity index (χ0n) is 15.6. The third-order valence-corrected chi connectivity index (χ3v) is 4.76. The maximum Gasteiger partial charge on any atom is 0.293 e. The van der Waals surface area contributed by atoms with Gasteiger partial charge in [0.1, 0.15) is 23.9 Å². The number of hydrogen-bond acceptors (Lipinski definition) is 6. The molecule has 8 heteroatoms. The Morgan fingerprint density at radius 2 is 1.93 bits per heavy atom. The summed E-state index contributed by atoms with van der Waals surface area (Å²) in [6.07, 6.45) is 0. The van der Waals surface area contributed by atoms with Crippen molar-refractivity contribution in [1.29, 1.82) is 0 Å². The van der Waals surface area contributed by atoms with Gasteiger partial charge in [0.25, 0.3) is 5.89 Å². The fourth-order valence-corrected chi connectivity index (χ4v) is 3.25. The van der Waals surface area contributed by atoms with Gasteiger partial charge in [-0.15, -0.1) is 0 Å². The third kappa shape index (κ3) is 4.09. The number of aryl methyl sites for hydroxylation is 1. The van der Waals surface area contributed by atoms with Crippen LogP contribution in [0.15, 0.2) is 57.5 Å². The van der Waals surface area contributed by atoms with Crippen molar-refractivity contribution in [3.63, 3.8) is 0 Å². The molecule has 0 bridgehead atoms. The molecule has 0 atom stereocenters. The lowest BCUT2D eigenvalue weighted by Crippen LogP contribution is -1.96. The van der Waals surface area contributed by atoms with E-state index in [1.54, 1.807) is 43.5 Å². The summed E-state index contributed by atoms with van der Waals surface area (Å²) in [4.78, 5) is 4.39. The minimum Gasteiger partial charge on any atom is -0.496 e. The van der Waals surface area contributed by atoms with Crippen LogP contribution in [0.5, 0.6) is 11.5 Å². The van der Waals surface area contributed by atoms with Crippen LogP contribution in [0, 0.1) is 6.92 Å². The first-order chi connectivity index (χ1) is 14.0. The first-order valence-corrected chi connectivity index (χ1v) is 9.45. The van der Waals surface area contributed by atoms with Crippen molar-refractivity contribution in [2.24, 2.45) is 0 Å². The van der Waals surface area contributed by atoms with E-state index in [1.165, 1.54) is 0 Å². The van der Waals surface area contributed by atoms with Gasteiger partial charge >= 0.3 is 0 Å². The van der Waals surface area contributed by atoms with Crippen molar-refractivity contribution in [3.8, 4) is 34.5 Å². The van der Waals surface area contributed by atoms with Crippen molar-refractivity contribution >= 4 is 23.2 Å². The van der Waals surface area contributed by atoms with Crippen molar-refractivity contribution in [2.75, 3.05) is 7.11 Å². The van der Waals surface area contributed by atoms with Crippen molar-refractivity contribution in [3.05, 3.63) is 69.9 Å². The first-order valence-electron chi connectivity index (χ1n) is 8.70. The molecule has 2 heterocycles. The molecule has 2 aromatic heterocycles. The highest BCUT2D eigenvalue weighted by atomic mass is 35.5. The Balaban J connectivity index is 1.53. The van der Waals surface area contributed by atoms with Gasteiger partial charge in [-0.25, -0.2) is 0 Å². The predicted octanol–water partition coefficient (Wildman–Crippen LogP) is 6.20. The zero-order chi connectivity index (χ0) is 20.4. The molecule has 0 amide bonds. The minimum atomic E-state index is 0.216. The number of aromatic nitrogens is 2. The normalized spacial score (nSPS) is 10.9. The van der Waals surface area contributed by atoms with Crippen LogP contribution in [0.3, 0.4) is 0 Å². The fourth-order valence-electron chi connectivity index (χ4n) is 2.80. The van der Waals surface area contributed by atoms with Crippen LogP contribution in [0.1, 0.15) is 11.3 Å². The van der Waals surface area contributed by atoms with E-state index >= 15 is 0 Å². The Labute approximate surface area is 177 Å². The van der Waals surface area contributed by atoms with Gasteiger partial charge in [0.2, 0.25) is 5.82 Å². The van der Waals surface area contributed by atoms with Gasteiger partial charge in [0.05, 0.1) is 17.7 Å². The molecule has 6 nitrogen and oxygen atoms in total. The van der Waals surface area contributed by atoms with Crippen LogP contribution >= 0.6 is 23.2 Å². The standard InChI is InChI=1S/C21H16Cl2N2O4/c1-12-4-3-5-16(23)19(12)27-11-14-7-9-18(28-14)21-24-20(25-29-21)15-10-13(22)6-8-17(15)26-2/h3-10H,11H2,1-2H3. The Kier molecular flexibility index (Phi) is 5.47. The van der Waals surface area contributed by atoms with Crippen molar-refractivity contribution in [2.45, 2.75) is 13.5 Å². The molecule has 29 heavy (non-hydrogen) atoms. The van der Waals surface area contributed by atoms with Gasteiger partial charge in [0.15, 0.2) is 5.76 Å². The number of rotatable bonds is 6. The van der Waals surface area contributed by atoms with E-state index in [-0.39, 0.29) is 12.5 Å². The summed E-state index contributed by atoms with van der Waals surface area (Å²) in [5.41, 5.74) is 1.57. The molecule has 4 aromatic rings. The summed E-state index contributed by atoms with van der Waals surface area (Å²) in [5.74, 6) is 2.83. The molecular formula is C21H16Cl2N2O4. The van der Waals surface area contributed by atoms with Crippen LogP contribution in [-0.2, 0) is 6.61 Å². The summed E-state index contributed by atoms with van der Waals surface area (Å²) in [7, 11) is 1.56. The second-order valence-electron chi connectivity index (χ2n) is 6.21. The number of para-hydroxylation sites is 1. The molecule has 148 valence electrons. The average Bonchev–Trinajstić information content (AvgIpc) is 3.37. The zero-order valence-corrected chi connectivity index (χ0v) is 17.1. The molecule has 2 aromatic carbocycles. The number of hydrogen-bond donors (Lipinski definition) is 0. The number of furan rings is 1. The van der Waals surface area contributed by atoms with Gasteiger partial charge in [-0.2, -0.15) is 4.98 Å². The monoisotopic (exact) mass is 430 g/mol. The Morgan fingerprint density at radius 1 is 1.07 bits per heavy atom. The average molecular weight is 431 g/mol. The number of ether oxygens (including phenoxy) is 2. The Bertz CT molecular complexity index is 1130. The number of nitrogens with zero attached hydrogens (tertiary/aromatic N) is 2. The van der Waals surface area contributed by atoms with Gasteiger partial charge in [0, 0.05) is 5.02 Å². The van der Waals surface area contributed by atoms with E-state index in [9.17, 15) is 0 Å². The van der Waals surface area contributed by atoms with Crippen LogP contribution in [-0.4, -0.2) is 17.3 Å². The second kappa shape index (κ2) is 8.19. The highest BCUT2D eigenvalue weighted by Crippen LogP contribution is 2.33. The summed E-state index contributed by atoms with van der Waals surface area (Å²) < 4.78 is 22.3. The van der Waals surface area contributed by atoms with Gasteiger partial charge in [-0.05, 0) is 48.9 Å². The molecule has 0 saturated heterocycles. The van der Waals surface area contributed by atoms with E-state index < -0.39 is 0 Å².